The molecule has 0 atom stereocenters. The largest absolute Gasteiger partial charge is 0.336 e. The fourth-order valence-electron chi connectivity index (χ4n) is 2.98. The smallest absolute Gasteiger partial charge is 0.283 e. The van der Waals surface area contributed by atoms with Crippen molar-refractivity contribution in [2.75, 3.05) is 26.2 Å². The van der Waals surface area contributed by atoms with Crippen molar-refractivity contribution in [3.63, 3.8) is 0 Å². The molecule has 6 nitrogen and oxygen atoms in total. The molecule has 1 heterocycles. The number of nitrogens with zero attached hydrogens (tertiary/aromatic N) is 3. The predicted octanol–water partition coefficient (Wildman–Crippen LogP) is 3.35. The summed E-state index contributed by atoms with van der Waals surface area (Å²) in [7, 11) is 0. The topological polar surface area (TPSA) is 66.7 Å². The van der Waals surface area contributed by atoms with E-state index in [1.165, 1.54) is 24.3 Å². The van der Waals surface area contributed by atoms with Crippen LogP contribution in [0.15, 0.2) is 42.5 Å². The third-order valence-electron chi connectivity index (χ3n) is 4.40. The van der Waals surface area contributed by atoms with E-state index in [0.717, 1.165) is 0 Å². The lowest BCUT2D eigenvalue weighted by atomic mass is 10.1. The first-order chi connectivity index (χ1) is 12.5. The zero-order valence-electron chi connectivity index (χ0n) is 13.9. The van der Waals surface area contributed by atoms with E-state index < -0.39 is 4.92 Å². The molecule has 2 aromatic rings. The quantitative estimate of drug-likeness (QED) is 0.605. The van der Waals surface area contributed by atoms with Crippen molar-refractivity contribution in [3.8, 4) is 0 Å². The Morgan fingerprint density at radius 3 is 2.50 bits per heavy atom. The average molecular weight is 378 g/mol. The van der Waals surface area contributed by atoms with Crippen molar-refractivity contribution in [1.82, 2.24) is 9.80 Å². The Morgan fingerprint density at radius 2 is 1.85 bits per heavy atom. The molecule has 0 saturated carbocycles. The van der Waals surface area contributed by atoms with E-state index in [2.05, 4.69) is 4.90 Å². The molecule has 8 heteroatoms. The molecule has 136 valence electrons. The molecule has 0 radical (unpaired) electrons. The van der Waals surface area contributed by atoms with Gasteiger partial charge < -0.3 is 4.90 Å². The molecule has 0 bridgehead atoms. The van der Waals surface area contributed by atoms with Crippen molar-refractivity contribution in [3.05, 3.63) is 74.5 Å². The van der Waals surface area contributed by atoms with E-state index in [9.17, 15) is 19.3 Å². The van der Waals surface area contributed by atoms with Crippen LogP contribution in [0, 0.1) is 15.9 Å². The first kappa shape index (κ1) is 18.3. The Labute approximate surface area is 154 Å². The highest BCUT2D eigenvalue weighted by molar-refractivity contribution is 6.31. The van der Waals surface area contributed by atoms with Crippen LogP contribution >= 0.6 is 11.6 Å². The fourth-order valence-corrected chi connectivity index (χ4v) is 3.15. The number of halogens is 2. The van der Waals surface area contributed by atoms with E-state index in [0.29, 0.717) is 38.3 Å². The number of hydrogen-bond acceptors (Lipinski definition) is 4. The number of nitro groups is 1. The monoisotopic (exact) mass is 377 g/mol. The molecule has 0 aliphatic carbocycles. The maximum atomic E-state index is 13.8. The first-order valence-electron chi connectivity index (χ1n) is 8.14. The molecule has 1 aliphatic rings. The summed E-state index contributed by atoms with van der Waals surface area (Å²) >= 11 is 5.79. The second-order valence-corrected chi connectivity index (χ2v) is 6.51. The van der Waals surface area contributed by atoms with Gasteiger partial charge in [-0.15, -0.1) is 0 Å². The summed E-state index contributed by atoms with van der Waals surface area (Å²) in [5.74, 6) is -0.637. The van der Waals surface area contributed by atoms with Crippen LogP contribution in [0.25, 0.3) is 0 Å². The molecule has 26 heavy (non-hydrogen) atoms. The molecule has 3 rings (SSSR count). The van der Waals surface area contributed by atoms with Gasteiger partial charge in [-0.1, -0.05) is 29.8 Å². The van der Waals surface area contributed by atoms with Gasteiger partial charge in [-0.3, -0.25) is 19.8 Å². The molecule has 1 saturated heterocycles. The molecule has 0 N–H and O–H groups in total. The van der Waals surface area contributed by atoms with Gasteiger partial charge in [0.2, 0.25) is 0 Å². The van der Waals surface area contributed by atoms with Crippen LogP contribution in [0.4, 0.5) is 10.1 Å². The molecular weight excluding hydrogens is 361 g/mol. The average Bonchev–Trinajstić information content (AvgIpc) is 2.63. The standard InChI is InChI=1S/C18H17ClFN3O3/c19-14-5-6-15(17(11-14)23(25)26)18(24)22-9-7-21(8-10-22)12-13-3-1-2-4-16(13)20/h1-6,11H,7-10,12H2. The minimum Gasteiger partial charge on any atom is -0.336 e. The number of benzene rings is 2. The van der Waals surface area contributed by atoms with E-state index in [4.69, 9.17) is 11.6 Å². The lowest BCUT2D eigenvalue weighted by molar-refractivity contribution is -0.385. The fraction of sp³-hybridized carbons (Fsp3) is 0.278. The van der Waals surface area contributed by atoms with Gasteiger partial charge in [0.1, 0.15) is 11.4 Å². The van der Waals surface area contributed by atoms with Gasteiger partial charge in [-0.2, -0.15) is 0 Å². The maximum Gasteiger partial charge on any atom is 0.283 e. The summed E-state index contributed by atoms with van der Waals surface area (Å²) in [6.07, 6.45) is 0. The van der Waals surface area contributed by atoms with Crippen LogP contribution in [0.3, 0.4) is 0 Å². The van der Waals surface area contributed by atoms with Gasteiger partial charge in [0, 0.05) is 49.4 Å². The third kappa shape index (κ3) is 4.00. The van der Waals surface area contributed by atoms with Crippen molar-refractivity contribution >= 4 is 23.2 Å². The van der Waals surface area contributed by atoms with Crippen LogP contribution in [0.5, 0.6) is 0 Å². The maximum absolute atomic E-state index is 13.8. The highest BCUT2D eigenvalue weighted by Gasteiger charge is 2.27. The van der Waals surface area contributed by atoms with Gasteiger partial charge >= 0.3 is 0 Å². The molecule has 0 spiro atoms. The Bertz CT molecular complexity index is 838. The van der Waals surface area contributed by atoms with Crippen LogP contribution in [0.2, 0.25) is 5.02 Å². The molecule has 2 aromatic carbocycles. The van der Waals surface area contributed by atoms with E-state index in [1.807, 2.05) is 0 Å². The first-order valence-corrected chi connectivity index (χ1v) is 8.52. The minimum atomic E-state index is -0.604. The number of rotatable bonds is 4. The predicted molar refractivity (Wildman–Crippen MR) is 95.7 cm³/mol. The zero-order chi connectivity index (χ0) is 18.7. The molecule has 1 aliphatic heterocycles. The normalized spacial score (nSPS) is 15.1. The number of amides is 1. The number of hydrogen-bond donors (Lipinski definition) is 0. The Kier molecular flexibility index (Phi) is 5.49. The summed E-state index contributed by atoms with van der Waals surface area (Å²) in [6, 6.07) is 10.6. The second kappa shape index (κ2) is 7.80. The Morgan fingerprint density at radius 1 is 1.15 bits per heavy atom. The molecule has 1 amide bonds. The number of carbonyl (C=O) groups is 1. The van der Waals surface area contributed by atoms with E-state index in [-0.39, 0.29) is 28.0 Å². The molecular formula is C18H17ClFN3O3. The minimum absolute atomic E-state index is 0.0296. The highest BCUT2D eigenvalue weighted by atomic mass is 35.5. The van der Waals surface area contributed by atoms with Crippen molar-refractivity contribution < 1.29 is 14.1 Å². The van der Waals surface area contributed by atoms with Crippen molar-refractivity contribution in [2.45, 2.75) is 6.54 Å². The van der Waals surface area contributed by atoms with Crippen LogP contribution in [-0.2, 0) is 6.54 Å². The Hall–Kier alpha value is -2.51. The molecule has 0 aromatic heterocycles. The van der Waals surface area contributed by atoms with Crippen LogP contribution < -0.4 is 0 Å². The van der Waals surface area contributed by atoms with Gasteiger partial charge in [0.05, 0.1) is 4.92 Å². The summed E-state index contributed by atoms with van der Waals surface area (Å²) in [6.45, 7) is 2.46. The SMILES string of the molecule is O=C(c1ccc(Cl)cc1[N+](=O)[O-])N1CCN(Cc2ccccc2F)CC1. The van der Waals surface area contributed by atoms with E-state index in [1.54, 1.807) is 23.1 Å². The summed E-state index contributed by atoms with van der Waals surface area (Å²) in [5.41, 5.74) is 0.346. The zero-order valence-corrected chi connectivity index (χ0v) is 14.7. The van der Waals surface area contributed by atoms with Gasteiger partial charge in [-0.05, 0) is 18.2 Å². The second-order valence-electron chi connectivity index (χ2n) is 6.08. The van der Waals surface area contributed by atoms with E-state index >= 15 is 0 Å². The summed E-state index contributed by atoms with van der Waals surface area (Å²) in [4.78, 5) is 26.9. The lowest BCUT2D eigenvalue weighted by Crippen LogP contribution is -2.48. The summed E-state index contributed by atoms with van der Waals surface area (Å²) < 4.78 is 13.8. The highest BCUT2D eigenvalue weighted by Crippen LogP contribution is 2.25. The van der Waals surface area contributed by atoms with Crippen LogP contribution in [0.1, 0.15) is 15.9 Å². The van der Waals surface area contributed by atoms with Crippen molar-refractivity contribution in [1.29, 1.82) is 0 Å². The number of piperazine rings is 1. The van der Waals surface area contributed by atoms with Crippen LogP contribution in [-0.4, -0.2) is 46.8 Å². The third-order valence-corrected chi connectivity index (χ3v) is 4.63. The Balaban J connectivity index is 1.66. The molecule has 0 unspecified atom stereocenters. The van der Waals surface area contributed by atoms with Gasteiger partial charge in [0.15, 0.2) is 0 Å². The lowest BCUT2D eigenvalue weighted by Gasteiger charge is -2.34. The molecule has 1 fully saturated rings. The number of nitro benzene ring substituents is 1. The summed E-state index contributed by atoms with van der Waals surface area (Å²) in [5, 5.41) is 11.4. The van der Waals surface area contributed by atoms with Gasteiger partial charge in [-0.25, -0.2) is 4.39 Å². The number of carbonyl (C=O) groups excluding carboxylic acids is 1. The van der Waals surface area contributed by atoms with Gasteiger partial charge in [0.25, 0.3) is 11.6 Å². The van der Waals surface area contributed by atoms with Crippen molar-refractivity contribution in [2.24, 2.45) is 0 Å².